The van der Waals surface area contributed by atoms with Gasteiger partial charge in [0, 0.05) is 18.0 Å². The lowest BCUT2D eigenvalue weighted by atomic mass is 10.0. The molecule has 114 valence electrons. The van der Waals surface area contributed by atoms with Crippen LogP contribution in [0.25, 0.3) is 0 Å². The minimum atomic E-state index is -4.50. The summed E-state index contributed by atoms with van der Waals surface area (Å²) in [5, 5.41) is 0. The second-order valence-electron chi connectivity index (χ2n) is 5.42. The topological polar surface area (TPSA) is 54.5 Å². The highest BCUT2D eigenvalue weighted by atomic mass is 32.2. The standard InChI is InChI=1S/C13H12F3NO3S/c14-13(15,16)9-2-1-3-10(5-9)17-11-7-21(19,20)6-8(11)4-12(17)18/h1-3,5,8,11H,4,6-7H2/t8-,11-/m1/s1. The van der Waals surface area contributed by atoms with Gasteiger partial charge in [-0.2, -0.15) is 13.2 Å². The third kappa shape index (κ3) is 2.52. The summed E-state index contributed by atoms with van der Waals surface area (Å²) in [7, 11) is -3.22. The van der Waals surface area contributed by atoms with Crippen LogP contribution in [0.15, 0.2) is 24.3 Å². The number of alkyl halides is 3. The second kappa shape index (κ2) is 4.46. The molecule has 0 unspecified atom stereocenters. The lowest BCUT2D eigenvalue weighted by Crippen LogP contribution is -2.36. The van der Waals surface area contributed by atoms with Crippen LogP contribution in [0.5, 0.6) is 0 Å². The molecule has 3 rings (SSSR count). The van der Waals surface area contributed by atoms with Gasteiger partial charge in [-0.25, -0.2) is 8.42 Å². The molecule has 8 heteroatoms. The molecule has 1 aromatic rings. The van der Waals surface area contributed by atoms with E-state index in [1.165, 1.54) is 17.0 Å². The lowest BCUT2D eigenvalue weighted by Gasteiger charge is -2.24. The zero-order valence-corrected chi connectivity index (χ0v) is 11.6. The predicted octanol–water partition coefficient (Wildman–Crippen LogP) is 1.86. The number of amides is 1. The van der Waals surface area contributed by atoms with Crippen molar-refractivity contribution in [3.8, 4) is 0 Å². The smallest absolute Gasteiger partial charge is 0.308 e. The number of anilines is 1. The first-order valence-electron chi connectivity index (χ1n) is 6.37. The van der Waals surface area contributed by atoms with Gasteiger partial charge in [-0.1, -0.05) is 6.07 Å². The molecule has 0 spiro atoms. The van der Waals surface area contributed by atoms with Crippen LogP contribution < -0.4 is 4.90 Å². The molecule has 0 radical (unpaired) electrons. The summed E-state index contributed by atoms with van der Waals surface area (Å²) in [5.41, 5.74) is -0.739. The van der Waals surface area contributed by atoms with E-state index in [0.717, 1.165) is 12.1 Å². The van der Waals surface area contributed by atoms with Crippen LogP contribution in [-0.2, 0) is 20.8 Å². The third-order valence-corrected chi connectivity index (χ3v) is 5.71. The number of sulfone groups is 1. The van der Waals surface area contributed by atoms with E-state index < -0.39 is 27.6 Å². The Hall–Kier alpha value is -1.57. The van der Waals surface area contributed by atoms with Gasteiger partial charge in [-0.05, 0) is 18.2 Å². The number of benzene rings is 1. The molecule has 0 saturated carbocycles. The van der Waals surface area contributed by atoms with Crippen molar-refractivity contribution in [2.45, 2.75) is 18.6 Å². The van der Waals surface area contributed by atoms with Gasteiger partial charge >= 0.3 is 6.18 Å². The van der Waals surface area contributed by atoms with Crippen LogP contribution in [0.4, 0.5) is 18.9 Å². The van der Waals surface area contributed by atoms with E-state index >= 15 is 0 Å². The number of fused-ring (bicyclic) bond motifs is 1. The Bertz CT molecular complexity index is 699. The van der Waals surface area contributed by atoms with Crippen LogP contribution >= 0.6 is 0 Å². The van der Waals surface area contributed by atoms with Gasteiger partial charge in [0.15, 0.2) is 9.84 Å². The van der Waals surface area contributed by atoms with Crippen LogP contribution in [0.3, 0.4) is 0 Å². The summed E-state index contributed by atoms with van der Waals surface area (Å²) >= 11 is 0. The fourth-order valence-corrected chi connectivity index (χ4v) is 5.13. The Balaban J connectivity index is 1.98. The zero-order chi connectivity index (χ0) is 15.4. The van der Waals surface area contributed by atoms with E-state index in [0.29, 0.717) is 0 Å². The minimum Gasteiger partial charge on any atom is -0.308 e. The molecule has 2 heterocycles. The van der Waals surface area contributed by atoms with Crippen molar-refractivity contribution >= 4 is 21.4 Å². The molecule has 2 atom stereocenters. The number of nitrogens with zero attached hydrogens (tertiary/aromatic N) is 1. The van der Waals surface area contributed by atoms with Crippen LogP contribution in [0, 0.1) is 5.92 Å². The first-order chi connectivity index (χ1) is 9.67. The van der Waals surface area contributed by atoms with Crippen molar-refractivity contribution in [1.82, 2.24) is 0 Å². The van der Waals surface area contributed by atoms with E-state index in [-0.39, 0.29) is 35.4 Å². The third-order valence-electron chi connectivity index (χ3n) is 3.93. The summed E-state index contributed by atoms with van der Waals surface area (Å²) in [6.45, 7) is 0. The summed E-state index contributed by atoms with van der Waals surface area (Å²) < 4.78 is 61.5. The molecule has 1 aromatic carbocycles. The monoisotopic (exact) mass is 319 g/mol. The van der Waals surface area contributed by atoms with Crippen molar-refractivity contribution in [3.05, 3.63) is 29.8 Å². The SMILES string of the molecule is O=C1C[C@@H]2CS(=O)(=O)C[C@H]2N1c1cccc(C(F)(F)F)c1. The van der Waals surface area contributed by atoms with E-state index in [4.69, 9.17) is 0 Å². The summed E-state index contributed by atoms with van der Waals surface area (Å²) in [4.78, 5) is 13.2. The first-order valence-corrected chi connectivity index (χ1v) is 8.19. The number of carbonyl (C=O) groups is 1. The van der Waals surface area contributed by atoms with E-state index in [1.807, 2.05) is 0 Å². The number of rotatable bonds is 1. The Morgan fingerprint density at radius 2 is 1.90 bits per heavy atom. The Labute approximate surface area is 119 Å². The second-order valence-corrected chi connectivity index (χ2v) is 7.57. The quantitative estimate of drug-likeness (QED) is 0.794. The molecule has 2 aliphatic rings. The molecular weight excluding hydrogens is 307 g/mol. The van der Waals surface area contributed by atoms with Crippen molar-refractivity contribution in [1.29, 1.82) is 0 Å². The average Bonchev–Trinajstić information content (AvgIpc) is 2.78. The molecule has 0 aliphatic carbocycles. The van der Waals surface area contributed by atoms with Gasteiger partial charge in [-0.3, -0.25) is 4.79 Å². The highest BCUT2D eigenvalue weighted by Crippen LogP contribution is 2.39. The van der Waals surface area contributed by atoms with E-state index in [9.17, 15) is 26.4 Å². The molecule has 0 N–H and O–H groups in total. The van der Waals surface area contributed by atoms with Gasteiger partial charge in [-0.15, -0.1) is 0 Å². The summed E-state index contributed by atoms with van der Waals surface area (Å²) in [6, 6.07) is 3.90. The fraction of sp³-hybridized carbons (Fsp3) is 0.462. The maximum atomic E-state index is 12.7. The van der Waals surface area contributed by atoms with Crippen LogP contribution in [-0.4, -0.2) is 31.9 Å². The number of carbonyl (C=O) groups excluding carboxylic acids is 1. The molecule has 0 aromatic heterocycles. The Morgan fingerprint density at radius 3 is 2.57 bits per heavy atom. The minimum absolute atomic E-state index is 0.0696. The normalized spacial score (nSPS) is 28.0. The highest BCUT2D eigenvalue weighted by molar-refractivity contribution is 7.91. The Morgan fingerprint density at radius 1 is 1.19 bits per heavy atom. The molecule has 2 saturated heterocycles. The zero-order valence-electron chi connectivity index (χ0n) is 10.8. The first kappa shape index (κ1) is 14.4. The Kier molecular flexibility index (Phi) is 3.05. The van der Waals surface area contributed by atoms with Gasteiger partial charge in [0.2, 0.25) is 5.91 Å². The van der Waals surface area contributed by atoms with Gasteiger partial charge in [0.1, 0.15) is 0 Å². The van der Waals surface area contributed by atoms with E-state index in [2.05, 4.69) is 0 Å². The number of hydrogen-bond donors (Lipinski definition) is 0. The van der Waals surface area contributed by atoms with E-state index in [1.54, 1.807) is 0 Å². The molecule has 4 nitrogen and oxygen atoms in total. The van der Waals surface area contributed by atoms with Crippen molar-refractivity contribution in [3.63, 3.8) is 0 Å². The summed E-state index contributed by atoms with van der Waals surface area (Å²) in [5.74, 6) is -0.894. The van der Waals surface area contributed by atoms with Gasteiger partial charge in [0.25, 0.3) is 0 Å². The summed E-state index contributed by atoms with van der Waals surface area (Å²) in [6.07, 6.45) is -4.43. The largest absolute Gasteiger partial charge is 0.416 e. The molecule has 21 heavy (non-hydrogen) atoms. The average molecular weight is 319 g/mol. The number of halogens is 3. The maximum Gasteiger partial charge on any atom is 0.416 e. The van der Waals surface area contributed by atoms with Crippen molar-refractivity contribution in [2.75, 3.05) is 16.4 Å². The molecule has 1 amide bonds. The van der Waals surface area contributed by atoms with Gasteiger partial charge < -0.3 is 4.90 Å². The van der Waals surface area contributed by atoms with Crippen molar-refractivity contribution < 1.29 is 26.4 Å². The van der Waals surface area contributed by atoms with Crippen LogP contribution in [0.1, 0.15) is 12.0 Å². The number of hydrogen-bond acceptors (Lipinski definition) is 3. The lowest BCUT2D eigenvalue weighted by molar-refractivity contribution is -0.137. The molecule has 2 fully saturated rings. The van der Waals surface area contributed by atoms with Crippen molar-refractivity contribution in [2.24, 2.45) is 5.92 Å². The highest BCUT2D eigenvalue weighted by Gasteiger charge is 2.49. The fourth-order valence-electron chi connectivity index (χ4n) is 3.06. The van der Waals surface area contributed by atoms with Gasteiger partial charge in [0.05, 0.1) is 23.1 Å². The molecule has 2 aliphatic heterocycles. The molecular formula is C13H12F3NO3S. The van der Waals surface area contributed by atoms with Crippen LogP contribution in [0.2, 0.25) is 0 Å². The predicted molar refractivity (Wildman–Crippen MR) is 69.5 cm³/mol. The maximum absolute atomic E-state index is 12.7. The molecule has 0 bridgehead atoms.